The number of likely N-dealkylation sites (tertiary alicyclic amines) is 1. The van der Waals surface area contributed by atoms with Gasteiger partial charge in [0.15, 0.2) is 0 Å². The minimum absolute atomic E-state index is 0.0663. The Balaban J connectivity index is 1.76. The summed E-state index contributed by atoms with van der Waals surface area (Å²) in [6, 6.07) is 0. The Hall–Kier alpha value is -0.780. The van der Waals surface area contributed by atoms with Crippen LogP contribution in [0, 0.1) is 11.3 Å². The molecule has 1 spiro atoms. The van der Waals surface area contributed by atoms with Crippen LogP contribution >= 0.6 is 0 Å². The van der Waals surface area contributed by atoms with Gasteiger partial charge in [-0.25, -0.2) is 0 Å². The van der Waals surface area contributed by atoms with Gasteiger partial charge >= 0.3 is 6.18 Å². The highest BCUT2D eigenvalue weighted by Crippen LogP contribution is 2.45. The van der Waals surface area contributed by atoms with Crippen molar-refractivity contribution in [3.05, 3.63) is 0 Å². The molecule has 122 valence electrons. The quantitative estimate of drug-likeness (QED) is 0.869. The summed E-state index contributed by atoms with van der Waals surface area (Å²) in [5, 5.41) is 2.09. The molecule has 2 fully saturated rings. The van der Waals surface area contributed by atoms with Crippen molar-refractivity contribution in [1.82, 2.24) is 10.2 Å². The van der Waals surface area contributed by atoms with Gasteiger partial charge in [-0.3, -0.25) is 9.69 Å². The number of hydrogen-bond donors (Lipinski definition) is 1. The number of hydrogen-bond acceptors (Lipinski definition) is 2. The van der Waals surface area contributed by atoms with E-state index < -0.39 is 17.6 Å². The smallest absolute Gasteiger partial charge is 0.341 e. The molecule has 0 aromatic carbocycles. The second-order valence-corrected chi connectivity index (χ2v) is 7.50. The zero-order valence-corrected chi connectivity index (χ0v) is 13.0. The average molecular weight is 306 g/mol. The van der Waals surface area contributed by atoms with Gasteiger partial charge in [-0.05, 0) is 38.0 Å². The van der Waals surface area contributed by atoms with Gasteiger partial charge < -0.3 is 5.32 Å². The highest BCUT2D eigenvalue weighted by atomic mass is 19.4. The van der Waals surface area contributed by atoms with Crippen molar-refractivity contribution in [2.45, 2.75) is 58.2 Å². The van der Waals surface area contributed by atoms with Gasteiger partial charge in [-0.1, -0.05) is 19.8 Å². The largest absolute Gasteiger partial charge is 0.410 e. The van der Waals surface area contributed by atoms with Crippen LogP contribution < -0.4 is 5.32 Å². The maximum Gasteiger partial charge on any atom is 0.410 e. The molecule has 2 aliphatic rings. The summed E-state index contributed by atoms with van der Waals surface area (Å²) in [4.78, 5) is 13.7. The van der Waals surface area contributed by atoms with E-state index in [1.54, 1.807) is 0 Å². The molecule has 0 radical (unpaired) electrons. The summed E-state index contributed by atoms with van der Waals surface area (Å²) in [5.74, 6) is 0.233. The van der Waals surface area contributed by atoms with Gasteiger partial charge in [0.05, 0.1) is 6.54 Å². The van der Waals surface area contributed by atoms with Crippen molar-refractivity contribution < 1.29 is 18.0 Å². The first-order valence-corrected chi connectivity index (χ1v) is 7.63. The first-order chi connectivity index (χ1) is 9.53. The van der Waals surface area contributed by atoms with Crippen molar-refractivity contribution in [2.24, 2.45) is 11.3 Å². The molecule has 21 heavy (non-hydrogen) atoms. The summed E-state index contributed by atoms with van der Waals surface area (Å²) >= 11 is 0. The van der Waals surface area contributed by atoms with Gasteiger partial charge in [0.2, 0.25) is 5.91 Å². The van der Waals surface area contributed by atoms with Gasteiger partial charge in [-0.15, -0.1) is 0 Å². The molecule has 3 nitrogen and oxygen atoms in total. The highest BCUT2D eigenvalue weighted by Gasteiger charge is 2.49. The van der Waals surface area contributed by atoms with Gasteiger partial charge in [-0.2, -0.15) is 13.2 Å². The molecule has 0 aromatic heterocycles. The van der Waals surface area contributed by atoms with Gasteiger partial charge in [0.1, 0.15) is 5.54 Å². The lowest BCUT2D eigenvalue weighted by Crippen LogP contribution is -2.62. The van der Waals surface area contributed by atoms with Crippen LogP contribution in [-0.2, 0) is 4.79 Å². The highest BCUT2D eigenvalue weighted by molar-refractivity contribution is 5.79. The number of carbonyl (C=O) groups is 1. The lowest BCUT2D eigenvalue weighted by molar-refractivity contribution is -0.189. The number of alkyl halides is 3. The molecule has 1 aliphatic heterocycles. The molecule has 1 N–H and O–H groups in total. The topological polar surface area (TPSA) is 32.3 Å². The minimum Gasteiger partial charge on any atom is -0.341 e. The second kappa shape index (κ2) is 5.45. The number of amides is 1. The number of nitrogens with one attached hydrogen (secondary N) is 1. The number of rotatable bonds is 3. The molecular formula is C15H25F3N2O. The van der Waals surface area contributed by atoms with E-state index in [2.05, 4.69) is 12.2 Å². The molecular weight excluding hydrogens is 281 g/mol. The second-order valence-electron chi connectivity index (χ2n) is 7.50. The van der Waals surface area contributed by atoms with Crippen LogP contribution in [0.1, 0.15) is 46.5 Å². The van der Waals surface area contributed by atoms with Crippen LogP contribution in [-0.4, -0.2) is 42.2 Å². The lowest BCUT2D eigenvalue weighted by Gasteiger charge is -2.53. The molecule has 0 aromatic rings. The van der Waals surface area contributed by atoms with Gasteiger partial charge in [0.25, 0.3) is 0 Å². The molecule has 6 heteroatoms. The van der Waals surface area contributed by atoms with Crippen molar-refractivity contribution in [1.29, 1.82) is 0 Å². The van der Waals surface area contributed by atoms with E-state index in [1.807, 2.05) is 4.90 Å². The standard InChI is InChI=1S/C15H25F3N2O/c1-11-4-6-14(7-5-11)9-20(10-14)8-12(21)19-13(2,3)15(16,17)18/h11H,4-10H2,1-3H3,(H,19,21). The fourth-order valence-electron chi connectivity index (χ4n) is 3.37. The zero-order chi connectivity index (χ0) is 15.9. The monoisotopic (exact) mass is 306 g/mol. The van der Waals surface area contributed by atoms with E-state index in [0.717, 1.165) is 32.9 Å². The van der Waals surface area contributed by atoms with Crippen molar-refractivity contribution in [2.75, 3.05) is 19.6 Å². The Morgan fingerprint density at radius 1 is 1.24 bits per heavy atom. The van der Waals surface area contributed by atoms with E-state index in [1.165, 1.54) is 25.7 Å². The molecule has 2 rings (SSSR count). The Morgan fingerprint density at radius 2 is 1.76 bits per heavy atom. The van der Waals surface area contributed by atoms with Crippen molar-refractivity contribution >= 4 is 5.91 Å². The zero-order valence-electron chi connectivity index (χ0n) is 13.0. The van der Waals surface area contributed by atoms with Crippen molar-refractivity contribution in [3.63, 3.8) is 0 Å². The van der Waals surface area contributed by atoms with E-state index in [-0.39, 0.29) is 6.54 Å². The normalized spacial score (nSPS) is 23.9. The SMILES string of the molecule is CC1CCC2(CC1)CN(CC(=O)NC(C)(C)C(F)(F)F)C2. The Kier molecular flexibility index (Phi) is 4.30. The maximum atomic E-state index is 12.7. The van der Waals surface area contributed by atoms with E-state index in [0.29, 0.717) is 5.41 Å². The number of halogens is 3. The molecule has 0 bridgehead atoms. The summed E-state index contributed by atoms with van der Waals surface area (Å²) in [6.45, 7) is 6.00. The fraction of sp³-hybridized carbons (Fsp3) is 0.933. The summed E-state index contributed by atoms with van der Waals surface area (Å²) in [7, 11) is 0. The third-order valence-corrected chi connectivity index (χ3v) is 4.98. The Bertz CT molecular complexity index is 390. The van der Waals surface area contributed by atoms with Crippen LogP contribution in [0.3, 0.4) is 0 Å². The van der Waals surface area contributed by atoms with E-state index >= 15 is 0 Å². The summed E-state index contributed by atoms with van der Waals surface area (Å²) in [5.41, 5.74) is -1.85. The third kappa shape index (κ3) is 3.71. The first-order valence-electron chi connectivity index (χ1n) is 7.63. The summed E-state index contributed by atoms with van der Waals surface area (Å²) in [6.07, 6.45) is 0.376. The molecule has 1 saturated carbocycles. The predicted octanol–water partition coefficient (Wildman–Crippen LogP) is 2.96. The molecule has 1 amide bonds. The van der Waals surface area contributed by atoms with Crippen LogP contribution in [0.25, 0.3) is 0 Å². The molecule has 0 unspecified atom stereocenters. The Morgan fingerprint density at radius 3 is 2.24 bits per heavy atom. The number of nitrogens with zero attached hydrogens (tertiary/aromatic N) is 1. The van der Waals surface area contributed by atoms with Gasteiger partial charge in [0, 0.05) is 13.1 Å². The number of carbonyl (C=O) groups excluding carboxylic acids is 1. The van der Waals surface area contributed by atoms with Crippen molar-refractivity contribution in [3.8, 4) is 0 Å². The van der Waals surface area contributed by atoms with E-state index in [9.17, 15) is 18.0 Å². The van der Waals surface area contributed by atoms with Crippen LogP contribution in [0.5, 0.6) is 0 Å². The van der Waals surface area contributed by atoms with Crippen LogP contribution in [0.4, 0.5) is 13.2 Å². The molecule has 1 heterocycles. The molecule has 1 aliphatic carbocycles. The summed E-state index contributed by atoms with van der Waals surface area (Å²) < 4.78 is 38.2. The Labute approximate surface area is 124 Å². The molecule has 0 atom stereocenters. The minimum atomic E-state index is -4.43. The van der Waals surface area contributed by atoms with E-state index in [4.69, 9.17) is 0 Å². The third-order valence-electron chi connectivity index (χ3n) is 4.98. The molecule has 1 saturated heterocycles. The van der Waals surface area contributed by atoms with Crippen LogP contribution in [0.2, 0.25) is 0 Å². The average Bonchev–Trinajstić information content (AvgIpc) is 2.27. The lowest BCUT2D eigenvalue weighted by atomic mass is 9.66. The predicted molar refractivity (Wildman–Crippen MR) is 74.8 cm³/mol. The van der Waals surface area contributed by atoms with Crippen LogP contribution in [0.15, 0.2) is 0 Å². The first kappa shape index (κ1) is 16.6. The maximum absolute atomic E-state index is 12.7. The fourth-order valence-corrected chi connectivity index (χ4v) is 3.37.